The number of methoxy groups -OCH3 is 1. The van der Waals surface area contributed by atoms with Gasteiger partial charge in [0.05, 0.1) is 19.6 Å². The molecule has 0 atom stereocenters. The Kier molecular flexibility index (Phi) is 6.48. The maximum absolute atomic E-state index is 11.7. The summed E-state index contributed by atoms with van der Waals surface area (Å²) in [6, 6.07) is 0. The van der Waals surface area contributed by atoms with Crippen molar-refractivity contribution in [1.82, 2.24) is 5.32 Å². The molecule has 0 spiro atoms. The summed E-state index contributed by atoms with van der Waals surface area (Å²) in [7, 11) is 1.51. The van der Waals surface area contributed by atoms with E-state index < -0.39 is 24.8 Å². The number of hydrogen-bond acceptors (Lipinski definition) is 3. The van der Waals surface area contributed by atoms with Crippen LogP contribution in [0.2, 0.25) is 0 Å². The molecule has 0 saturated heterocycles. The van der Waals surface area contributed by atoms with Crippen molar-refractivity contribution in [3.63, 3.8) is 0 Å². The van der Waals surface area contributed by atoms with Crippen molar-refractivity contribution >= 4 is 5.78 Å². The van der Waals surface area contributed by atoms with Crippen molar-refractivity contribution < 1.29 is 22.7 Å². The van der Waals surface area contributed by atoms with Crippen LogP contribution in [0.1, 0.15) is 12.8 Å². The number of ketones is 1. The van der Waals surface area contributed by atoms with E-state index in [-0.39, 0.29) is 6.54 Å². The fraction of sp³-hybridized carbons (Fsp3) is 0.875. The first-order valence-electron chi connectivity index (χ1n) is 4.24. The quantitative estimate of drug-likeness (QED) is 0.644. The summed E-state index contributed by atoms with van der Waals surface area (Å²) < 4.78 is 39.7. The maximum Gasteiger partial charge on any atom is 0.389 e. The second-order valence-corrected chi connectivity index (χ2v) is 2.82. The van der Waals surface area contributed by atoms with Gasteiger partial charge in [0.2, 0.25) is 0 Å². The van der Waals surface area contributed by atoms with Gasteiger partial charge in [-0.05, 0) is 0 Å². The smallest absolute Gasteiger partial charge is 0.383 e. The lowest BCUT2D eigenvalue weighted by atomic mass is 10.2. The van der Waals surface area contributed by atoms with Gasteiger partial charge in [0.1, 0.15) is 5.78 Å². The third-order valence-electron chi connectivity index (χ3n) is 1.49. The monoisotopic (exact) mass is 213 g/mol. The molecule has 0 aliphatic heterocycles. The third kappa shape index (κ3) is 9.47. The van der Waals surface area contributed by atoms with Gasteiger partial charge in [-0.1, -0.05) is 0 Å². The number of ether oxygens (including phenoxy) is 1. The molecule has 0 rings (SSSR count). The normalized spacial score (nSPS) is 11.7. The van der Waals surface area contributed by atoms with Crippen LogP contribution in [-0.2, 0) is 9.53 Å². The van der Waals surface area contributed by atoms with Crippen LogP contribution in [0.3, 0.4) is 0 Å². The van der Waals surface area contributed by atoms with Crippen molar-refractivity contribution in [2.24, 2.45) is 0 Å². The van der Waals surface area contributed by atoms with Crippen molar-refractivity contribution in [1.29, 1.82) is 0 Å². The predicted molar refractivity (Wildman–Crippen MR) is 45.0 cm³/mol. The van der Waals surface area contributed by atoms with E-state index in [1.807, 2.05) is 0 Å². The summed E-state index contributed by atoms with van der Waals surface area (Å²) in [5.41, 5.74) is 0. The zero-order valence-electron chi connectivity index (χ0n) is 7.99. The lowest BCUT2D eigenvalue weighted by Gasteiger charge is -2.05. The average molecular weight is 213 g/mol. The largest absolute Gasteiger partial charge is 0.389 e. The van der Waals surface area contributed by atoms with Crippen LogP contribution in [0.15, 0.2) is 0 Å². The number of rotatable bonds is 7. The van der Waals surface area contributed by atoms with Gasteiger partial charge in [-0.15, -0.1) is 0 Å². The molecular formula is C8H14F3NO2. The summed E-state index contributed by atoms with van der Waals surface area (Å²) in [5, 5.41) is 2.68. The molecule has 1 N–H and O–H groups in total. The molecule has 0 bridgehead atoms. The van der Waals surface area contributed by atoms with Gasteiger partial charge < -0.3 is 10.1 Å². The molecule has 0 heterocycles. The second-order valence-electron chi connectivity index (χ2n) is 2.82. The number of carbonyl (C=O) groups is 1. The Morgan fingerprint density at radius 3 is 2.57 bits per heavy atom. The molecule has 0 aromatic heterocycles. The second kappa shape index (κ2) is 6.78. The van der Waals surface area contributed by atoms with E-state index in [1.165, 1.54) is 7.11 Å². The minimum Gasteiger partial charge on any atom is -0.383 e. The van der Waals surface area contributed by atoms with Gasteiger partial charge in [-0.3, -0.25) is 4.79 Å². The van der Waals surface area contributed by atoms with Crippen LogP contribution in [0, 0.1) is 0 Å². The lowest BCUT2D eigenvalue weighted by molar-refractivity contribution is -0.142. The van der Waals surface area contributed by atoms with Crippen LogP contribution in [0.25, 0.3) is 0 Å². The van der Waals surface area contributed by atoms with E-state index in [4.69, 9.17) is 0 Å². The van der Waals surface area contributed by atoms with Gasteiger partial charge >= 0.3 is 6.18 Å². The van der Waals surface area contributed by atoms with Gasteiger partial charge in [0, 0.05) is 20.1 Å². The highest BCUT2D eigenvalue weighted by atomic mass is 19.4. The Labute approximate surface area is 80.6 Å². The fourth-order valence-electron chi connectivity index (χ4n) is 0.772. The minimum absolute atomic E-state index is 0.0283. The number of nitrogens with one attached hydrogen (secondary N) is 1. The van der Waals surface area contributed by atoms with Crippen molar-refractivity contribution in [2.75, 3.05) is 26.8 Å². The third-order valence-corrected chi connectivity index (χ3v) is 1.49. The molecule has 6 heteroatoms. The average Bonchev–Trinajstić information content (AvgIpc) is 2.08. The molecule has 0 amide bonds. The summed E-state index contributed by atoms with van der Waals surface area (Å²) in [6.07, 6.45) is -5.75. The van der Waals surface area contributed by atoms with E-state index in [2.05, 4.69) is 10.1 Å². The van der Waals surface area contributed by atoms with E-state index in [9.17, 15) is 18.0 Å². The highest BCUT2D eigenvalue weighted by Crippen LogP contribution is 2.21. The molecule has 14 heavy (non-hydrogen) atoms. The molecule has 0 saturated carbocycles. The molecule has 3 nitrogen and oxygen atoms in total. The number of alkyl halides is 3. The molecule has 0 radical (unpaired) electrons. The standard InChI is InChI=1S/C8H14F3NO2/c1-14-5-4-12-6-7(13)2-3-8(9,10)11/h12H,2-6H2,1H3. The number of halogens is 3. The zero-order valence-corrected chi connectivity index (χ0v) is 7.99. The van der Waals surface area contributed by atoms with Crippen molar-refractivity contribution in [3.8, 4) is 0 Å². The highest BCUT2D eigenvalue weighted by Gasteiger charge is 2.27. The summed E-state index contributed by atoms with van der Waals surface area (Å²) in [6.45, 7) is 0.875. The van der Waals surface area contributed by atoms with Crippen LogP contribution in [0.5, 0.6) is 0 Å². The van der Waals surface area contributed by atoms with E-state index in [1.54, 1.807) is 0 Å². The van der Waals surface area contributed by atoms with E-state index in [0.717, 1.165) is 0 Å². The summed E-state index contributed by atoms with van der Waals surface area (Å²) >= 11 is 0. The molecule has 0 aromatic rings. The zero-order chi connectivity index (χ0) is 11.0. The fourth-order valence-corrected chi connectivity index (χ4v) is 0.772. The maximum atomic E-state index is 11.7. The van der Waals surface area contributed by atoms with Crippen LogP contribution in [0.4, 0.5) is 13.2 Å². The summed E-state index contributed by atoms with van der Waals surface area (Å²) in [5.74, 6) is -0.432. The molecule has 0 aliphatic carbocycles. The van der Waals surface area contributed by atoms with Crippen LogP contribution in [-0.4, -0.2) is 38.8 Å². The number of carbonyl (C=O) groups excluding carboxylic acids is 1. The first-order chi connectivity index (χ1) is 6.45. The van der Waals surface area contributed by atoms with Gasteiger partial charge in [0.25, 0.3) is 0 Å². The Balaban J connectivity index is 3.38. The Bertz CT molecular complexity index is 170. The number of Topliss-reactive ketones (excluding diaryl/α,β-unsaturated/α-hetero) is 1. The highest BCUT2D eigenvalue weighted by molar-refractivity contribution is 5.80. The Hall–Kier alpha value is -0.620. The molecule has 0 fully saturated rings. The van der Waals surface area contributed by atoms with Crippen molar-refractivity contribution in [3.05, 3.63) is 0 Å². The number of hydrogen-bond donors (Lipinski definition) is 1. The molecule has 0 aliphatic rings. The Morgan fingerprint density at radius 1 is 1.43 bits per heavy atom. The topological polar surface area (TPSA) is 38.3 Å². The van der Waals surface area contributed by atoms with Gasteiger partial charge in [0.15, 0.2) is 0 Å². The first kappa shape index (κ1) is 13.4. The van der Waals surface area contributed by atoms with E-state index >= 15 is 0 Å². The van der Waals surface area contributed by atoms with Crippen LogP contribution < -0.4 is 5.32 Å². The Morgan fingerprint density at radius 2 is 2.07 bits per heavy atom. The SMILES string of the molecule is COCCNCC(=O)CCC(F)(F)F. The molecule has 84 valence electrons. The molecule has 0 aromatic carbocycles. The first-order valence-corrected chi connectivity index (χ1v) is 4.24. The molecular weight excluding hydrogens is 199 g/mol. The molecule has 0 unspecified atom stereocenters. The van der Waals surface area contributed by atoms with E-state index in [0.29, 0.717) is 13.2 Å². The van der Waals surface area contributed by atoms with Crippen LogP contribution >= 0.6 is 0 Å². The lowest BCUT2D eigenvalue weighted by Crippen LogP contribution is -2.27. The van der Waals surface area contributed by atoms with Gasteiger partial charge in [-0.25, -0.2) is 0 Å². The minimum atomic E-state index is -4.25. The van der Waals surface area contributed by atoms with Crippen molar-refractivity contribution in [2.45, 2.75) is 19.0 Å². The predicted octanol–water partition coefficient (Wildman–Crippen LogP) is 1.13. The van der Waals surface area contributed by atoms with Gasteiger partial charge in [-0.2, -0.15) is 13.2 Å². The summed E-state index contributed by atoms with van der Waals surface area (Å²) in [4.78, 5) is 10.8.